The van der Waals surface area contributed by atoms with Gasteiger partial charge in [-0.2, -0.15) is 0 Å². The van der Waals surface area contributed by atoms with E-state index in [4.69, 9.17) is 16.3 Å². The van der Waals surface area contributed by atoms with E-state index in [9.17, 15) is 13.2 Å². The number of hydrogen-bond donors (Lipinski definition) is 2. The Labute approximate surface area is 170 Å². The molecule has 3 rings (SSSR count). The lowest BCUT2D eigenvalue weighted by molar-refractivity contribution is 0.0857. The predicted octanol–water partition coefficient (Wildman–Crippen LogP) is 3.67. The highest BCUT2D eigenvalue weighted by atomic mass is 35.5. The minimum atomic E-state index is -3.95. The summed E-state index contributed by atoms with van der Waals surface area (Å²) in [6, 6.07) is 9.62. The molecule has 8 heteroatoms. The molecule has 0 spiro atoms. The molecule has 2 aromatic carbocycles. The maximum Gasteiger partial charge on any atom is 0.263 e. The van der Waals surface area contributed by atoms with Gasteiger partial charge in [0.05, 0.1) is 16.8 Å². The molecule has 28 heavy (non-hydrogen) atoms. The van der Waals surface area contributed by atoms with Crippen LogP contribution in [0, 0.1) is 13.8 Å². The molecule has 150 valence electrons. The van der Waals surface area contributed by atoms with E-state index in [0.717, 1.165) is 24.0 Å². The van der Waals surface area contributed by atoms with Crippen LogP contribution in [0.5, 0.6) is 0 Å². The summed E-state index contributed by atoms with van der Waals surface area (Å²) in [6.07, 6.45) is 1.89. The first-order valence-corrected chi connectivity index (χ1v) is 10.9. The minimum Gasteiger partial charge on any atom is -0.376 e. The molecule has 1 atom stereocenters. The molecular formula is C20H23ClN2O4S. The number of carbonyl (C=O) groups excluding carboxylic acids is 1. The van der Waals surface area contributed by atoms with E-state index in [1.54, 1.807) is 6.07 Å². The summed E-state index contributed by atoms with van der Waals surface area (Å²) in [5.74, 6) is -0.366. The van der Waals surface area contributed by atoms with Gasteiger partial charge in [0.15, 0.2) is 0 Å². The normalized spacial score (nSPS) is 16.8. The quantitative estimate of drug-likeness (QED) is 0.743. The van der Waals surface area contributed by atoms with Crippen molar-refractivity contribution in [2.24, 2.45) is 0 Å². The van der Waals surface area contributed by atoms with Crippen LogP contribution in [0.15, 0.2) is 41.3 Å². The number of halogens is 1. The highest BCUT2D eigenvalue weighted by Crippen LogP contribution is 2.26. The maximum absolute atomic E-state index is 12.9. The molecule has 0 saturated carbocycles. The number of ether oxygens (including phenoxy) is 1. The van der Waals surface area contributed by atoms with Crippen LogP contribution in [0.4, 0.5) is 5.69 Å². The average molecular weight is 423 g/mol. The number of hydrogen-bond acceptors (Lipinski definition) is 4. The molecule has 6 nitrogen and oxygen atoms in total. The zero-order valence-electron chi connectivity index (χ0n) is 15.8. The van der Waals surface area contributed by atoms with Crippen molar-refractivity contribution < 1.29 is 17.9 Å². The van der Waals surface area contributed by atoms with Crippen molar-refractivity contribution >= 4 is 33.2 Å². The lowest BCUT2D eigenvalue weighted by Crippen LogP contribution is -2.31. The first-order chi connectivity index (χ1) is 13.3. The summed E-state index contributed by atoms with van der Waals surface area (Å²) < 4.78 is 33.7. The van der Waals surface area contributed by atoms with Crippen LogP contribution in [0.25, 0.3) is 0 Å². The number of amides is 1. The van der Waals surface area contributed by atoms with Gasteiger partial charge in [0.2, 0.25) is 0 Å². The number of sulfonamides is 1. The number of carbonyl (C=O) groups is 1. The SMILES string of the molecule is Cc1ccc(NS(=O)(=O)c2cc(C(=O)NC[C@H]3CCCO3)ccc2Cl)c(C)c1. The van der Waals surface area contributed by atoms with E-state index in [-0.39, 0.29) is 27.5 Å². The topological polar surface area (TPSA) is 84.5 Å². The van der Waals surface area contributed by atoms with Gasteiger partial charge in [-0.15, -0.1) is 0 Å². The molecular weight excluding hydrogens is 400 g/mol. The summed E-state index contributed by atoms with van der Waals surface area (Å²) in [6.45, 7) is 4.85. The third-order valence-electron chi connectivity index (χ3n) is 4.62. The molecule has 1 heterocycles. The molecule has 0 aliphatic carbocycles. The van der Waals surface area contributed by atoms with Crippen LogP contribution >= 0.6 is 11.6 Å². The summed E-state index contributed by atoms with van der Waals surface area (Å²) in [4.78, 5) is 12.3. The van der Waals surface area contributed by atoms with Crippen LogP contribution < -0.4 is 10.0 Å². The average Bonchev–Trinajstić information content (AvgIpc) is 3.16. The summed E-state index contributed by atoms with van der Waals surface area (Å²) in [5, 5.41) is 2.83. The Kier molecular flexibility index (Phi) is 6.27. The second-order valence-electron chi connectivity index (χ2n) is 6.91. The Bertz CT molecular complexity index is 986. The van der Waals surface area contributed by atoms with Gasteiger partial charge >= 0.3 is 0 Å². The van der Waals surface area contributed by atoms with Crippen molar-refractivity contribution in [2.45, 2.75) is 37.7 Å². The van der Waals surface area contributed by atoms with Crippen molar-refractivity contribution in [2.75, 3.05) is 17.9 Å². The third-order valence-corrected chi connectivity index (χ3v) is 6.47. The van der Waals surface area contributed by atoms with E-state index < -0.39 is 10.0 Å². The number of nitrogens with one attached hydrogen (secondary N) is 2. The molecule has 1 amide bonds. The zero-order valence-corrected chi connectivity index (χ0v) is 17.4. The fourth-order valence-electron chi connectivity index (χ4n) is 3.09. The third kappa shape index (κ3) is 4.84. The summed E-state index contributed by atoms with van der Waals surface area (Å²) >= 11 is 6.13. The van der Waals surface area contributed by atoms with Crippen LogP contribution in [0.3, 0.4) is 0 Å². The molecule has 1 saturated heterocycles. The molecule has 1 aliphatic rings. The molecule has 2 N–H and O–H groups in total. The maximum atomic E-state index is 12.9. The zero-order chi connectivity index (χ0) is 20.3. The van der Waals surface area contributed by atoms with E-state index in [2.05, 4.69) is 10.0 Å². The van der Waals surface area contributed by atoms with E-state index in [1.165, 1.54) is 18.2 Å². The second-order valence-corrected chi connectivity index (χ2v) is 8.97. The van der Waals surface area contributed by atoms with Crippen LogP contribution in [-0.4, -0.2) is 33.6 Å². The largest absolute Gasteiger partial charge is 0.376 e. The Hall–Kier alpha value is -2.09. The lowest BCUT2D eigenvalue weighted by atomic mass is 10.1. The second kappa shape index (κ2) is 8.51. The van der Waals surface area contributed by atoms with Gasteiger partial charge in [0, 0.05) is 18.7 Å². The van der Waals surface area contributed by atoms with Crippen molar-refractivity contribution in [3.8, 4) is 0 Å². The van der Waals surface area contributed by atoms with Crippen molar-refractivity contribution in [1.82, 2.24) is 5.32 Å². The highest BCUT2D eigenvalue weighted by Gasteiger charge is 2.22. The van der Waals surface area contributed by atoms with E-state index in [0.29, 0.717) is 18.8 Å². The standard InChI is InChI=1S/C20H23ClN2O4S/c1-13-5-8-18(14(2)10-13)23-28(25,26)19-11-15(6-7-17(19)21)20(24)22-12-16-4-3-9-27-16/h5-8,10-11,16,23H,3-4,9,12H2,1-2H3,(H,22,24)/t16-/m1/s1. The fourth-order valence-corrected chi connectivity index (χ4v) is 4.75. The van der Waals surface area contributed by atoms with Gasteiger partial charge in [-0.25, -0.2) is 8.42 Å². The van der Waals surface area contributed by atoms with E-state index in [1.807, 2.05) is 26.0 Å². The van der Waals surface area contributed by atoms with Gasteiger partial charge in [-0.05, 0) is 56.5 Å². The smallest absolute Gasteiger partial charge is 0.263 e. The molecule has 0 unspecified atom stereocenters. The van der Waals surface area contributed by atoms with Gasteiger partial charge in [0.25, 0.3) is 15.9 Å². The predicted molar refractivity (Wildman–Crippen MR) is 109 cm³/mol. The summed E-state index contributed by atoms with van der Waals surface area (Å²) in [5.41, 5.74) is 2.52. The van der Waals surface area contributed by atoms with Gasteiger partial charge in [-0.1, -0.05) is 29.3 Å². The first kappa shape index (κ1) is 20.6. The van der Waals surface area contributed by atoms with E-state index >= 15 is 0 Å². The van der Waals surface area contributed by atoms with Crippen molar-refractivity contribution in [1.29, 1.82) is 0 Å². The molecule has 1 aliphatic heterocycles. The first-order valence-electron chi connectivity index (χ1n) is 9.06. The van der Waals surface area contributed by atoms with Crippen LogP contribution in [-0.2, 0) is 14.8 Å². The monoisotopic (exact) mass is 422 g/mol. The molecule has 0 radical (unpaired) electrons. The number of rotatable bonds is 6. The number of anilines is 1. The van der Waals surface area contributed by atoms with Gasteiger partial charge in [0.1, 0.15) is 4.90 Å². The highest BCUT2D eigenvalue weighted by molar-refractivity contribution is 7.92. The Balaban J connectivity index is 1.80. The van der Waals surface area contributed by atoms with Crippen molar-refractivity contribution in [3.05, 3.63) is 58.1 Å². The van der Waals surface area contributed by atoms with Crippen LogP contribution in [0.1, 0.15) is 34.3 Å². The Morgan fingerprint density at radius 2 is 2.00 bits per heavy atom. The van der Waals surface area contributed by atoms with Crippen molar-refractivity contribution in [3.63, 3.8) is 0 Å². The number of aryl methyl sites for hydroxylation is 2. The molecule has 2 aromatic rings. The lowest BCUT2D eigenvalue weighted by Gasteiger charge is -2.14. The molecule has 0 aromatic heterocycles. The number of benzene rings is 2. The molecule has 1 fully saturated rings. The Morgan fingerprint density at radius 1 is 1.21 bits per heavy atom. The fraction of sp³-hybridized carbons (Fsp3) is 0.350. The van der Waals surface area contributed by atoms with Gasteiger partial charge in [-0.3, -0.25) is 9.52 Å². The van der Waals surface area contributed by atoms with Gasteiger partial charge < -0.3 is 10.1 Å². The Morgan fingerprint density at radius 3 is 2.68 bits per heavy atom. The van der Waals surface area contributed by atoms with Crippen LogP contribution in [0.2, 0.25) is 5.02 Å². The minimum absolute atomic E-state index is 0.00522. The molecule has 0 bridgehead atoms. The summed E-state index contributed by atoms with van der Waals surface area (Å²) in [7, 11) is -3.95.